The molecule has 7 nitrogen and oxygen atoms in total. The summed E-state index contributed by atoms with van der Waals surface area (Å²) in [6.07, 6.45) is 7.19. The number of ether oxygens (including phenoxy) is 1. The number of nitriles is 1. The van der Waals surface area contributed by atoms with E-state index in [4.69, 9.17) is 4.74 Å². The van der Waals surface area contributed by atoms with Crippen molar-refractivity contribution < 1.29 is 4.74 Å². The second kappa shape index (κ2) is 12.0. The minimum atomic E-state index is 0.330. The van der Waals surface area contributed by atoms with Crippen LogP contribution in [0.3, 0.4) is 0 Å². The summed E-state index contributed by atoms with van der Waals surface area (Å²) in [6, 6.07) is 23.8. The molecule has 3 N–H and O–H groups in total. The van der Waals surface area contributed by atoms with Crippen molar-refractivity contribution in [3.8, 4) is 11.8 Å². The quantitative estimate of drug-likeness (QED) is 0.236. The molecule has 0 saturated heterocycles. The van der Waals surface area contributed by atoms with Crippen LogP contribution in [0.15, 0.2) is 66.9 Å². The topological polar surface area (TPSA) is 86.4 Å². The third-order valence-electron chi connectivity index (χ3n) is 7.40. The molecule has 0 aliphatic heterocycles. The standard InChI is InChI=1S/C31H36N6O/c1-3-38-27-15-13-26(14-16-27)36-31-22(2)30(28(21-32)29-18-20-34-37(29)31)35-25-11-9-24(10-12-25)33-19-17-23-7-5-4-6-8-23/h4-8,13-16,18,20,24-25,33,35-36H,3,9-12,17,19H2,1-2H3/t24-,25-. The molecule has 38 heavy (non-hydrogen) atoms. The second-order valence-electron chi connectivity index (χ2n) is 9.93. The number of benzene rings is 2. The maximum absolute atomic E-state index is 10.1. The Morgan fingerprint density at radius 2 is 1.74 bits per heavy atom. The van der Waals surface area contributed by atoms with Crippen LogP contribution in [-0.4, -0.2) is 34.8 Å². The van der Waals surface area contributed by atoms with Crippen molar-refractivity contribution in [3.63, 3.8) is 0 Å². The van der Waals surface area contributed by atoms with Gasteiger partial charge in [-0.3, -0.25) is 0 Å². The Kier molecular flexibility index (Phi) is 8.10. The third kappa shape index (κ3) is 5.76. The Bertz CT molecular complexity index is 1380. The number of pyridine rings is 1. The molecule has 7 heteroatoms. The van der Waals surface area contributed by atoms with Crippen molar-refractivity contribution in [2.75, 3.05) is 23.8 Å². The van der Waals surface area contributed by atoms with E-state index < -0.39 is 0 Å². The van der Waals surface area contributed by atoms with E-state index in [1.165, 1.54) is 5.56 Å². The van der Waals surface area contributed by atoms with Crippen LogP contribution in [0.5, 0.6) is 5.75 Å². The zero-order valence-corrected chi connectivity index (χ0v) is 22.2. The molecule has 2 aromatic heterocycles. The highest BCUT2D eigenvalue weighted by Crippen LogP contribution is 2.35. The lowest BCUT2D eigenvalue weighted by Crippen LogP contribution is -2.38. The zero-order valence-electron chi connectivity index (χ0n) is 22.2. The number of rotatable bonds is 10. The van der Waals surface area contributed by atoms with Gasteiger partial charge in [-0.1, -0.05) is 30.3 Å². The first-order valence-corrected chi connectivity index (χ1v) is 13.6. The summed E-state index contributed by atoms with van der Waals surface area (Å²) < 4.78 is 7.40. The number of anilines is 3. The minimum Gasteiger partial charge on any atom is -0.494 e. The Balaban J connectivity index is 1.28. The van der Waals surface area contributed by atoms with Gasteiger partial charge in [-0.05, 0) is 88.4 Å². The maximum atomic E-state index is 10.1. The number of nitrogens with zero attached hydrogens (tertiary/aromatic N) is 3. The van der Waals surface area contributed by atoms with Crippen LogP contribution in [0.1, 0.15) is 49.3 Å². The molecule has 0 unspecified atom stereocenters. The first-order chi connectivity index (χ1) is 18.7. The summed E-state index contributed by atoms with van der Waals surface area (Å²) in [7, 11) is 0. The Morgan fingerprint density at radius 3 is 2.45 bits per heavy atom. The maximum Gasteiger partial charge on any atom is 0.137 e. The van der Waals surface area contributed by atoms with E-state index in [-0.39, 0.29) is 0 Å². The molecule has 0 spiro atoms. The van der Waals surface area contributed by atoms with Crippen molar-refractivity contribution >= 4 is 22.7 Å². The van der Waals surface area contributed by atoms with Crippen LogP contribution in [0, 0.1) is 18.3 Å². The normalized spacial score (nSPS) is 17.2. The van der Waals surface area contributed by atoms with Gasteiger partial charge in [0.25, 0.3) is 0 Å². The van der Waals surface area contributed by atoms with Gasteiger partial charge in [-0.15, -0.1) is 0 Å². The summed E-state index contributed by atoms with van der Waals surface area (Å²) in [5, 5.41) is 25.7. The number of aromatic nitrogens is 2. The summed E-state index contributed by atoms with van der Waals surface area (Å²) in [6.45, 7) is 5.67. The average Bonchev–Trinajstić information content (AvgIpc) is 3.43. The lowest BCUT2D eigenvalue weighted by atomic mass is 9.90. The van der Waals surface area contributed by atoms with E-state index in [0.717, 1.165) is 72.7 Å². The van der Waals surface area contributed by atoms with Gasteiger partial charge >= 0.3 is 0 Å². The van der Waals surface area contributed by atoms with E-state index in [0.29, 0.717) is 24.3 Å². The lowest BCUT2D eigenvalue weighted by Gasteiger charge is -2.31. The SMILES string of the molecule is CCOc1ccc(Nc2c(C)c(N[C@H]3CC[C@H](NCCc4ccccc4)CC3)c(C#N)c3ccnn23)cc1. The molecule has 1 aliphatic carbocycles. The van der Waals surface area contributed by atoms with Gasteiger partial charge in [0, 0.05) is 23.3 Å². The largest absolute Gasteiger partial charge is 0.494 e. The number of nitrogens with one attached hydrogen (secondary N) is 3. The molecule has 2 aromatic carbocycles. The smallest absolute Gasteiger partial charge is 0.137 e. The van der Waals surface area contributed by atoms with Crippen LogP contribution >= 0.6 is 0 Å². The van der Waals surface area contributed by atoms with Gasteiger partial charge in [0.05, 0.1) is 24.0 Å². The monoisotopic (exact) mass is 508 g/mol. The molecule has 0 bridgehead atoms. The average molecular weight is 509 g/mol. The van der Waals surface area contributed by atoms with Crippen molar-refractivity contribution in [1.29, 1.82) is 5.26 Å². The third-order valence-corrected chi connectivity index (χ3v) is 7.40. The first-order valence-electron chi connectivity index (χ1n) is 13.6. The fourth-order valence-electron chi connectivity index (χ4n) is 5.35. The molecule has 2 heterocycles. The summed E-state index contributed by atoms with van der Waals surface area (Å²) in [5.74, 6) is 1.69. The van der Waals surface area contributed by atoms with Crippen molar-refractivity contribution in [2.24, 2.45) is 0 Å². The van der Waals surface area contributed by atoms with E-state index in [1.54, 1.807) is 6.20 Å². The van der Waals surface area contributed by atoms with Crippen LogP contribution < -0.4 is 20.7 Å². The number of hydrogen-bond acceptors (Lipinski definition) is 6. The predicted octanol–water partition coefficient (Wildman–Crippen LogP) is 6.21. The predicted molar refractivity (Wildman–Crippen MR) is 153 cm³/mol. The highest BCUT2D eigenvalue weighted by atomic mass is 16.5. The molecule has 1 aliphatic rings. The zero-order chi connectivity index (χ0) is 26.3. The Morgan fingerprint density at radius 1 is 1.00 bits per heavy atom. The van der Waals surface area contributed by atoms with Gasteiger partial charge in [-0.2, -0.15) is 10.4 Å². The molecule has 1 fully saturated rings. The summed E-state index contributed by atoms with van der Waals surface area (Å²) in [5.41, 5.74) is 5.63. The fraction of sp³-hybridized carbons (Fsp3) is 0.355. The first kappa shape index (κ1) is 25.6. The van der Waals surface area contributed by atoms with Crippen molar-refractivity contribution in [3.05, 3.63) is 83.6 Å². The molecule has 0 atom stereocenters. The van der Waals surface area contributed by atoms with Gasteiger partial charge in [-0.25, -0.2) is 4.52 Å². The van der Waals surface area contributed by atoms with E-state index in [1.807, 2.05) is 41.8 Å². The van der Waals surface area contributed by atoms with Crippen LogP contribution in [-0.2, 0) is 6.42 Å². The lowest BCUT2D eigenvalue weighted by molar-refractivity contribution is 0.340. The highest BCUT2D eigenvalue weighted by molar-refractivity contribution is 5.82. The Hall–Kier alpha value is -4.02. The summed E-state index contributed by atoms with van der Waals surface area (Å²) >= 11 is 0. The minimum absolute atomic E-state index is 0.330. The molecule has 4 aromatic rings. The molecule has 5 rings (SSSR count). The summed E-state index contributed by atoms with van der Waals surface area (Å²) in [4.78, 5) is 0. The van der Waals surface area contributed by atoms with Gasteiger partial charge < -0.3 is 20.7 Å². The van der Waals surface area contributed by atoms with E-state index in [9.17, 15) is 5.26 Å². The number of fused-ring (bicyclic) bond motifs is 1. The number of hydrogen-bond donors (Lipinski definition) is 3. The molecular formula is C31H36N6O. The molecule has 0 radical (unpaired) electrons. The van der Waals surface area contributed by atoms with E-state index >= 15 is 0 Å². The van der Waals surface area contributed by atoms with Crippen LogP contribution in [0.4, 0.5) is 17.2 Å². The molecule has 0 amide bonds. The van der Waals surface area contributed by atoms with Gasteiger partial charge in [0.1, 0.15) is 23.2 Å². The van der Waals surface area contributed by atoms with Gasteiger partial charge in [0.15, 0.2) is 0 Å². The highest BCUT2D eigenvalue weighted by Gasteiger charge is 2.24. The fourth-order valence-corrected chi connectivity index (χ4v) is 5.35. The van der Waals surface area contributed by atoms with Crippen molar-refractivity contribution in [2.45, 2.75) is 58.0 Å². The van der Waals surface area contributed by atoms with Crippen molar-refractivity contribution in [1.82, 2.24) is 14.9 Å². The van der Waals surface area contributed by atoms with Crippen LogP contribution in [0.2, 0.25) is 0 Å². The van der Waals surface area contributed by atoms with E-state index in [2.05, 4.69) is 64.4 Å². The molecule has 1 saturated carbocycles. The molecular weight excluding hydrogens is 472 g/mol. The second-order valence-corrected chi connectivity index (χ2v) is 9.93. The Labute approximate surface area is 224 Å². The van der Waals surface area contributed by atoms with Gasteiger partial charge in [0.2, 0.25) is 0 Å². The van der Waals surface area contributed by atoms with Crippen LogP contribution in [0.25, 0.3) is 5.52 Å². The molecule has 196 valence electrons.